The second-order valence-electron chi connectivity index (χ2n) is 6.69. The summed E-state index contributed by atoms with van der Waals surface area (Å²) in [6.07, 6.45) is 2.71. The lowest BCUT2D eigenvalue weighted by molar-refractivity contribution is -0.132. The standard InChI is InChI=1S/C21H25N3O2.ClH/c22-19-9-5-4-6-16(19)10-11-20(25)24-14-12-18(13-15-24)23-21(26)17-7-2-1-3-8-17;/h1-9,18H,10-15,22H2,(H,23,26);1H. The third-order valence-electron chi connectivity index (χ3n) is 4.88. The number of piperidine rings is 1. The average molecular weight is 388 g/mol. The van der Waals surface area contributed by atoms with Crippen LogP contribution in [0.5, 0.6) is 0 Å². The molecule has 5 nitrogen and oxygen atoms in total. The summed E-state index contributed by atoms with van der Waals surface area (Å²) in [5.74, 6) is 0.107. The summed E-state index contributed by atoms with van der Waals surface area (Å²) in [5, 5.41) is 3.07. The van der Waals surface area contributed by atoms with Gasteiger partial charge in [-0.1, -0.05) is 36.4 Å². The van der Waals surface area contributed by atoms with Crippen molar-refractivity contribution in [2.24, 2.45) is 0 Å². The van der Waals surface area contributed by atoms with Crippen LogP contribution in [0.2, 0.25) is 0 Å². The summed E-state index contributed by atoms with van der Waals surface area (Å²) in [7, 11) is 0. The van der Waals surface area contributed by atoms with Crippen LogP contribution < -0.4 is 11.1 Å². The van der Waals surface area contributed by atoms with Crippen molar-refractivity contribution >= 4 is 29.9 Å². The van der Waals surface area contributed by atoms with Crippen LogP contribution in [0.25, 0.3) is 0 Å². The van der Waals surface area contributed by atoms with Gasteiger partial charge in [-0.2, -0.15) is 0 Å². The highest BCUT2D eigenvalue weighted by atomic mass is 35.5. The number of hydrogen-bond donors (Lipinski definition) is 2. The summed E-state index contributed by atoms with van der Waals surface area (Å²) in [5.41, 5.74) is 8.36. The number of anilines is 1. The molecule has 1 aliphatic rings. The highest BCUT2D eigenvalue weighted by Gasteiger charge is 2.24. The third-order valence-corrected chi connectivity index (χ3v) is 4.88. The number of nitrogen functional groups attached to an aromatic ring is 1. The molecule has 3 rings (SSSR count). The van der Waals surface area contributed by atoms with Crippen LogP contribution in [0.15, 0.2) is 54.6 Å². The van der Waals surface area contributed by atoms with Gasteiger partial charge in [0, 0.05) is 36.8 Å². The molecule has 0 bridgehead atoms. The minimum Gasteiger partial charge on any atom is -0.399 e. The topological polar surface area (TPSA) is 75.4 Å². The average Bonchev–Trinajstić information content (AvgIpc) is 2.68. The predicted octanol–water partition coefficient (Wildman–Crippen LogP) is 3.04. The largest absolute Gasteiger partial charge is 0.399 e. The Bertz CT molecular complexity index is 759. The highest BCUT2D eigenvalue weighted by molar-refractivity contribution is 5.94. The second kappa shape index (κ2) is 9.97. The Morgan fingerprint density at radius 1 is 1.00 bits per heavy atom. The lowest BCUT2D eigenvalue weighted by Gasteiger charge is -2.32. The van der Waals surface area contributed by atoms with Gasteiger partial charge in [0.1, 0.15) is 0 Å². The molecule has 144 valence electrons. The fraction of sp³-hybridized carbons (Fsp3) is 0.333. The van der Waals surface area contributed by atoms with Crippen molar-refractivity contribution in [2.75, 3.05) is 18.8 Å². The Balaban J connectivity index is 0.00000261. The normalized spacial score (nSPS) is 14.3. The summed E-state index contributed by atoms with van der Waals surface area (Å²) in [6, 6.07) is 17.0. The van der Waals surface area contributed by atoms with E-state index in [1.165, 1.54) is 0 Å². The Morgan fingerprint density at radius 3 is 2.30 bits per heavy atom. The lowest BCUT2D eigenvalue weighted by atomic mass is 10.0. The second-order valence-corrected chi connectivity index (χ2v) is 6.69. The quantitative estimate of drug-likeness (QED) is 0.774. The molecule has 3 N–H and O–H groups in total. The van der Waals surface area contributed by atoms with Crippen LogP contribution in [0.1, 0.15) is 35.2 Å². The Morgan fingerprint density at radius 2 is 1.63 bits per heavy atom. The van der Waals surface area contributed by atoms with E-state index >= 15 is 0 Å². The number of nitrogens with one attached hydrogen (secondary N) is 1. The van der Waals surface area contributed by atoms with Crippen molar-refractivity contribution in [3.8, 4) is 0 Å². The van der Waals surface area contributed by atoms with Gasteiger partial charge in [0.2, 0.25) is 5.91 Å². The number of nitrogens with zero attached hydrogens (tertiary/aromatic N) is 1. The maximum Gasteiger partial charge on any atom is 0.251 e. The number of aryl methyl sites for hydroxylation is 1. The summed E-state index contributed by atoms with van der Waals surface area (Å²) < 4.78 is 0. The van der Waals surface area contributed by atoms with Gasteiger partial charge >= 0.3 is 0 Å². The molecule has 0 spiro atoms. The lowest BCUT2D eigenvalue weighted by Crippen LogP contribution is -2.46. The number of hydrogen-bond acceptors (Lipinski definition) is 3. The van der Waals surface area contributed by atoms with E-state index in [4.69, 9.17) is 5.73 Å². The van der Waals surface area contributed by atoms with Gasteiger partial charge in [0.05, 0.1) is 0 Å². The van der Waals surface area contributed by atoms with Crippen LogP contribution in [-0.2, 0) is 11.2 Å². The number of carbonyl (C=O) groups excluding carboxylic acids is 2. The predicted molar refractivity (Wildman–Crippen MR) is 110 cm³/mol. The number of para-hydroxylation sites is 1. The van der Waals surface area contributed by atoms with Crippen LogP contribution >= 0.6 is 12.4 Å². The monoisotopic (exact) mass is 387 g/mol. The van der Waals surface area contributed by atoms with E-state index in [0.717, 1.165) is 24.1 Å². The number of carbonyl (C=O) groups is 2. The molecule has 2 amide bonds. The van der Waals surface area contributed by atoms with Gasteiger partial charge in [-0.3, -0.25) is 9.59 Å². The van der Waals surface area contributed by atoms with E-state index in [1.807, 2.05) is 59.5 Å². The van der Waals surface area contributed by atoms with E-state index in [2.05, 4.69) is 5.32 Å². The van der Waals surface area contributed by atoms with Crippen LogP contribution in [0.4, 0.5) is 5.69 Å². The zero-order chi connectivity index (χ0) is 18.4. The number of nitrogens with two attached hydrogens (primary N) is 1. The first kappa shape index (κ1) is 20.8. The molecular weight excluding hydrogens is 362 g/mol. The molecule has 0 aliphatic carbocycles. The minimum absolute atomic E-state index is 0. The van der Waals surface area contributed by atoms with Crippen molar-refractivity contribution in [3.63, 3.8) is 0 Å². The van der Waals surface area contributed by atoms with Crippen molar-refractivity contribution in [3.05, 3.63) is 65.7 Å². The summed E-state index contributed by atoms with van der Waals surface area (Å²) in [4.78, 5) is 26.5. The first-order valence-electron chi connectivity index (χ1n) is 9.10. The van der Waals surface area contributed by atoms with Crippen molar-refractivity contribution in [1.82, 2.24) is 10.2 Å². The molecular formula is C21H26ClN3O2. The molecule has 6 heteroatoms. The molecule has 1 fully saturated rings. The maximum atomic E-state index is 12.4. The fourth-order valence-electron chi connectivity index (χ4n) is 3.29. The van der Waals surface area contributed by atoms with Crippen LogP contribution in [0.3, 0.4) is 0 Å². The first-order valence-corrected chi connectivity index (χ1v) is 9.10. The smallest absolute Gasteiger partial charge is 0.251 e. The van der Waals surface area contributed by atoms with Gasteiger partial charge in [-0.05, 0) is 43.0 Å². The summed E-state index contributed by atoms with van der Waals surface area (Å²) in [6.45, 7) is 1.37. The van der Waals surface area contributed by atoms with E-state index in [9.17, 15) is 9.59 Å². The van der Waals surface area contributed by atoms with Crippen LogP contribution in [0, 0.1) is 0 Å². The first-order chi connectivity index (χ1) is 12.6. The molecule has 1 aliphatic heterocycles. The maximum absolute atomic E-state index is 12.4. The van der Waals surface area contributed by atoms with E-state index in [-0.39, 0.29) is 30.3 Å². The molecule has 27 heavy (non-hydrogen) atoms. The van der Waals surface area contributed by atoms with Gasteiger partial charge in [0.25, 0.3) is 5.91 Å². The van der Waals surface area contributed by atoms with E-state index < -0.39 is 0 Å². The zero-order valence-electron chi connectivity index (χ0n) is 15.3. The number of halogens is 1. The number of amides is 2. The molecule has 0 radical (unpaired) electrons. The number of rotatable bonds is 5. The molecule has 0 unspecified atom stereocenters. The SMILES string of the molecule is Cl.Nc1ccccc1CCC(=O)N1CCC(NC(=O)c2ccccc2)CC1. The van der Waals surface area contributed by atoms with Gasteiger partial charge in [-0.25, -0.2) is 0 Å². The molecule has 2 aromatic rings. The third kappa shape index (κ3) is 5.73. The molecule has 1 saturated heterocycles. The fourth-order valence-corrected chi connectivity index (χ4v) is 3.29. The molecule has 2 aromatic carbocycles. The Labute approximate surface area is 166 Å². The van der Waals surface area contributed by atoms with Crippen molar-refractivity contribution in [1.29, 1.82) is 0 Å². The molecule has 0 atom stereocenters. The Hall–Kier alpha value is -2.53. The number of benzene rings is 2. The summed E-state index contributed by atoms with van der Waals surface area (Å²) >= 11 is 0. The molecule has 0 aromatic heterocycles. The van der Waals surface area contributed by atoms with Crippen LogP contribution in [-0.4, -0.2) is 35.8 Å². The van der Waals surface area contributed by atoms with E-state index in [1.54, 1.807) is 0 Å². The molecule has 1 heterocycles. The zero-order valence-corrected chi connectivity index (χ0v) is 16.1. The van der Waals surface area contributed by atoms with Crippen molar-refractivity contribution < 1.29 is 9.59 Å². The number of likely N-dealkylation sites (tertiary alicyclic amines) is 1. The van der Waals surface area contributed by atoms with Gasteiger partial charge in [0.15, 0.2) is 0 Å². The van der Waals surface area contributed by atoms with E-state index in [0.29, 0.717) is 31.5 Å². The highest BCUT2D eigenvalue weighted by Crippen LogP contribution is 2.16. The minimum atomic E-state index is -0.0464. The van der Waals surface area contributed by atoms with Gasteiger partial charge in [-0.15, -0.1) is 12.4 Å². The molecule has 0 saturated carbocycles. The van der Waals surface area contributed by atoms with Gasteiger partial charge < -0.3 is 16.0 Å². The van der Waals surface area contributed by atoms with Crippen molar-refractivity contribution in [2.45, 2.75) is 31.7 Å². The Kier molecular flexibility index (Phi) is 7.67.